The van der Waals surface area contributed by atoms with Crippen molar-refractivity contribution in [1.29, 1.82) is 0 Å². The van der Waals surface area contributed by atoms with Gasteiger partial charge in [0, 0.05) is 12.9 Å². The van der Waals surface area contributed by atoms with E-state index in [4.69, 9.17) is 37.7 Å². The lowest BCUT2D eigenvalue weighted by Gasteiger charge is -2.48. The molecule has 55 heavy (non-hydrogen) atoms. The highest BCUT2D eigenvalue weighted by atomic mass is 32.3. The van der Waals surface area contributed by atoms with Crippen molar-refractivity contribution in [2.24, 2.45) is 0 Å². The van der Waals surface area contributed by atoms with Crippen molar-refractivity contribution in [2.45, 2.75) is 92.0 Å². The van der Waals surface area contributed by atoms with E-state index < -0.39 is 153 Å². The van der Waals surface area contributed by atoms with Gasteiger partial charge in [-0.3, -0.25) is 18.2 Å². The molecule has 32 nitrogen and oxygen atoms in total. The number of aliphatic hydroxyl groups is 5. The van der Waals surface area contributed by atoms with Crippen LogP contribution < -0.4 is 9.44 Å². The molecule has 0 bridgehead atoms. The molecule has 0 aliphatic carbocycles. The SMILES string of the molecule is O=C(O)[C@H]1O[C@@H](O[C@H]2[C@H](OOOOS)[C@@H](NS(=O)(=O)O)[C@@H](O)O[C@@H]2COS(=O)(=O)O)[C@H](O)[C@@H](O)[C@@H]1O[C@H]1O[C@H](COS(=O)(=O)O)[C@@H](O)[C@H](O)[C@H]1NS(=O)(=O)O. The first-order valence-corrected chi connectivity index (χ1v) is 20.0. The standard InChI is InChI=1S/C18H32N2O30S5/c21-7-3(1-40-54(34,35)36)43-17(5(8(7)22)19-52(28,29)30)45-13-9(23)10(24)18(46-14(13)15(25)26)44-11-4(2-41-55(37,38)39)42-16(27)6(20-53(31,32)33)12(11)47-48-49-50-51/h3-14,16-24,27,51H,1-2H2,(H,25,26)(H,28,29,30)(H,31,32,33)(H,34,35,36)(H,37,38,39)/t3-,4-,5-,6-,7-,8-,9-,10-,11-,12-,13+,14+,16+,17-,18-/m1/s1. The maximum absolute atomic E-state index is 12.4. The van der Waals surface area contributed by atoms with Gasteiger partial charge >= 0.3 is 47.4 Å². The molecule has 324 valence electrons. The fraction of sp³-hybridized carbons (Fsp3) is 0.944. The van der Waals surface area contributed by atoms with Gasteiger partial charge < -0.3 is 54.3 Å². The van der Waals surface area contributed by atoms with E-state index in [1.165, 1.54) is 9.44 Å². The molecule has 0 saturated carbocycles. The number of nitrogens with one attached hydrogen (secondary N) is 2. The Labute approximate surface area is 313 Å². The van der Waals surface area contributed by atoms with Gasteiger partial charge in [-0.05, 0) is 10.1 Å². The number of thiol groups is 1. The quantitative estimate of drug-likeness (QED) is 0.0143. The summed E-state index contributed by atoms with van der Waals surface area (Å²) in [6.07, 6.45) is -31.4. The van der Waals surface area contributed by atoms with E-state index in [9.17, 15) is 78.2 Å². The van der Waals surface area contributed by atoms with Gasteiger partial charge in [-0.2, -0.15) is 48.0 Å². The molecule has 3 aliphatic rings. The summed E-state index contributed by atoms with van der Waals surface area (Å²) in [5.74, 6) is -2.12. The number of hydrogen-bond acceptors (Lipinski definition) is 26. The van der Waals surface area contributed by atoms with E-state index in [2.05, 4.69) is 35.7 Å². The van der Waals surface area contributed by atoms with Gasteiger partial charge in [0.1, 0.15) is 67.0 Å². The van der Waals surface area contributed by atoms with Gasteiger partial charge in [0.05, 0.1) is 13.2 Å². The van der Waals surface area contributed by atoms with Crippen LogP contribution in [0.15, 0.2) is 0 Å². The summed E-state index contributed by atoms with van der Waals surface area (Å²) in [5, 5.41) is 71.3. The highest BCUT2D eigenvalue weighted by molar-refractivity contribution is 7.84. The molecule has 3 aliphatic heterocycles. The molecule has 0 unspecified atom stereocenters. The molecule has 3 heterocycles. The molecule has 3 rings (SSSR count). The van der Waals surface area contributed by atoms with Gasteiger partial charge in [-0.1, -0.05) is 0 Å². The molecule has 0 amide bonds. The molecule has 15 atom stereocenters. The van der Waals surface area contributed by atoms with Crippen molar-refractivity contribution in [1.82, 2.24) is 9.44 Å². The second-order valence-electron chi connectivity index (χ2n) is 11.0. The fourth-order valence-electron chi connectivity index (χ4n) is 5.10. The van der Waals surface area contributed by atoms with E-state index in [1.54, 1.807) is 0 Å². The van der Waals surface area contributed by atoms with Gasteiger partial charge in [0.25, 0.3) is 0 Å². The molecule has 0 aromatic rings. The van der Waals surface area contributed by atoms with Gasteiger partial charge in [-0.25, -0.2) is 13.2 Å². The van der Waals surface area contributed by atoms with Crippen molar-refractivity contribution in [3.05, 3.63) is 0 Å². The van der Waals surface area contributed by atoms with Gasteiger partial charge in [0.15, 0.2) is 25.0 Å². The molecular formula is C18H32N2O30S5. The second kappa shape index (κ2) is 19.2. The second-order valence-corrected chi connectivity index (χ2v) is 15.7. The number of hydrogen-bond donors (Lipinski definition) is 13. The Morgan fingerprint density at radius 1 is 0.618 bits per heavy atom. The number of aliphatic hydroxyl groups excluding tert-OH is 5. The molecule has 12 N–H and O–H groups in total. The first kappa shape index (κ1) is 48.1. The monoisotopic (exact) mass is 916 g/mol. The van der Waals surface area contributed by atoms with Crippen LogP contribution in [0.2, 0.25) is 0 Å². The molecule has 37 heteroatoms. The summed E-state index contributed by atoms with van der Waals surface area (Å²) in [6, 6.07) is -4.64. The fourth-order valence-corrected chi connectivity index (χ4v) is 6.93. The molecule has 3 fully saturated rings. The summed E-state index contributed by atoms with van der Waals surface area (Å²) < 4.78 is 169. The third kappa shape index (κ3) is 14.2. The highest BCUT2D eigenvalue weighted by Gasteiger charge is 2.57. The van der Waals surface area contributed by atoms with Crippen molar-refractivity contribution >= 4 is 60.3 Å². The number of carboxylic acid groups (broad SMARTS) is 1. The predicted octanol–water partition coefficient (Wildman–Crippen LogP) is -8.36. The third-order valence-corrected chi connectivity index (χ3v) is 9.35. The third-order valence-electron chi connectivity index (χ3n) is 7.28. The zero-order chi connectivity index (χ0) is 41.8. The van der Waals surface area contributed by atoms with Crippen molar-refractivity contribution in [3.63, 3.8) is 0 Å². The lowest BCUT2D eigenvalue weighted by Crippen LogP contribution is -2.69. The predicted molar refractivity (Wildman–Crippen MR) is 159 cm³/mol. The van der Waals surface area contributed by atoms with E-state index >= 15 is 0 Å². The van der Waals surface area contributed by atoms with Crippen LogP contribution in [0.1, 0.15) is 0 Å². The molecular weight excluding hydrogens is 885 g/mol. The van der Waals surface area contributed by atoms with Crippen LogP contribution in [0.3, 0.4) is 0 Å². The Balaban J connectivity index is 2.00. The minimum absolute atomic E-state index is 1.33. The van der Waals surface area contributed by atoms with Crippen LogP contribution >= 0.6 is 12.9 Å². The van der Waals surface area contributed by atoms with E-state index in [-0.39, 0.29) is 0 Å². The number of ether oxygens (including phenoxy) is 5. The van der Waals surface area contributed by atoms with E-state index in [0.717, 1.165) is 0 Å². The molecule has 0 radical (unpaired) electrons. The van der Waals surface area contributed by atoms with Crippen LogP contribution in [0.5, 0.6) is 0 Å². The zero-order valence-corrected chi connectivity index (χ0v) is 30.5. The van der Waals surface area contributed by atoms with Crippen molar-refractivity contribution in [3.8, 4) is 0 Å². The minimum atomic E-state index is -5.36. The van der Waals surface area contributed by atoms with Crippen LogP contribution in [-0.2, 0) is 97.5 Å². The van der Waals surface area contributed by atoms with Crippen LogP contribution in [-0.4, -0.2) is 194 Å². The maximum Gasteiger partial charge on any atom is 0.397 e. The number of carbonyl (C=O) groups is 1. The zero-order valence-electron chi connectivity index (χ0n) is 26.3. The van der Waals surface area contributed by atoms with Gasteiger partial charge in [-0.15, -0.1) is 4.33 Å². The van der Waals surface area contributed by atoms with Gasteiger partial charge in [0.2, 0.25) is 0 Å². The topological polar surface area (TPSA) is 482 Å². The summed E-state index contributed by atoms with van der Waals surface area (Å²) in [5.41, 5.74) is 0. The van der Waals surface area contributed by atoms with Crippen molar-refractivity contribution < 1.29 is 139 Å². The Bertz CT molecular complexity index is 1730. The smallest absolute Gasteiger partial charge is 0.397 e. The lowest BCUT2D eigenvalue weighted by molar-refractivity contribution is -0.620. The Kier molecular flexibility index (Phi) is 16.8. The first-order valence-electron chi connectivity index (χ1n) is 14.1. The molecule has 0 aromatic heterocycles. The van der Waals surface area contributed by atoms with Crippen LogP contribution in [0.4, 0.5) is 0 Å². The molecule has 0 spiro atoms. The average Bonchev–Trinajstić information content (AvgIpc) is 3.03. The average molecular weight is 917 g/mol. The Morgan fingerprint density at radius 3 is 1.65 bits per heavy atom. The summed E-state index contributed by atoms with van der Waals surface area (Å²) >= 11 is 3.14. The van der Waals surface area contributed by atoms with Crippen LogP contribution in [0.25, 0.3) is 0 Å². The Morgan fingerprint density at radius 2 is 1.15 bits per heavy atom. The van der Waals surface area contributed by atoms with E-state index in [0.29, 0.717) is 0 Å². The largest absolute Gasteiger partial charge is 0.479 e. The van der Waals surface area contributed by atoms with E-state index in [1.807, 2.05) is 0 Å². The highest BCUT2D eigenvalue weighted by Crippen LogP contribution is 2.34. The normalized spacial score (nSPS) is 38.1. The molecule has 3 saturated heterocycles. The first-order chi connectivity index (χ1) is 25.1. The maximum atomic E-state index is 12.4. The summed E-state index contributed by atoms with van der Waals surface area (Å²) in [4.78, 5) is 17.1. The van der Waals surface area contributed by atoms with Crippen molar-refractivity contribution in [2.75, 3.05) is 13.2 Å². The van der Waals surface area contributed by atoms with Crippen LogP contribution in [0, 0.1) is 0 Å². The summed E-state index contributed by atoms with van der Waals surface area (Å²) in [7, 11) is -21.3. The minimum Gasteiger partial charge on any atom is -0.479 e. The Hall–Kier alpha value is -1.26. The lowest BCUT2D eigenvalue weighted by atomic mass is 9.95. The number of carboxylic acids is 1. The number of rotatable bonds is 19. The number of aliphatic carboxylic acids is 1. The summed E-state index contributed by atoms with van der Waals surface area (Å²) in [6.45, 7) is -2.72. The molecule has 0 aromatic carbocycles.